The molecule has 7 heteroatoms. The van der Waals surface area contributed by atoms with Crippen molar-refractivity contribution >= 4 is 51.3 Å². The molecule has 0 unspecified atom stereocenters. The van der Waals surface area contributed by atoms with Gasteiger partial charge in [-0.15, -0.1) is 0 Å². The fourth-order valence-corrected chi connectivity index (χ4v) is 5.52. The number of carbonyl (C=O) groups is 1. The number of aryl methyl sites for hydroxylation is 1. The van der Waals surface area contributed by atoms with Crippen LogP contribution in [0.3, 0.4) is 0 Å². The van der Waals surface area contributed by atoms with Crippen molar-refractivity contribution in [1.82, 2.24) is 0 Å². The zero-order valence-electron chi connectivity index (χ0n) is 18.4. The molecule has 0 fully saturated rings. The lowest BCUT2D eigenvalue weighted by Gasteiger charge is -2.46. The lowest BCUT2D eigenvalue weighted by Crippen LogP contribution is -2.56. The number of halogens is 1. The molecule has 0 bridgehead atoms. The summed E-state index contributed by atoms with van der Waals surface area (Å²) in [5.41, 5.74) is 5.01. The lowest BCUT2D eigenvalue weighted by molar-refractivity contribution is -0.110. The average Bonchev–Trinajstić information content (AvgIpc) is 3.21. The van der Waals surface area contributed by atoms with Crippen LogP contribution in [-0.4, -0.2) is 21.5 Å². The van der Waals surface area contributed by atoms with Crippen molar-refractivity contribution in [3.63, 3.8) is 0 Å². The molecule has 0 aliphatic carbocycles. The second-order valence-electron chi connectivity index (χ2n) is 8.16. The van der Waals surface area contributed by atoms with E-state index in [1.807, 2.05) is 76.7 Å². The van der Waals surface area contributed by atoms with Crippen molar-refractivity contribution in [3.8, 4) is 0 Å². The Morgan fingerprint density at radius 3 is 2.33 bits per heavy atom. The normalized spacial score (nSPS) is 20.1. The average molecular weight is 475 g/mol. The van der Waals surface area contributed by atoms with E-state index in [0.717, 1.165) is 41.1 Å². The number of Topliss-reactive ketones (excluding diaryl/α,β-unsaturated/α-hetero) is 1. The minimum atomic E-state index is -0.688. The summed E-state index contributed by atoms with van der Waals surface area (Å²) in [5.74, 6) is -0.0463. The van der Waals surface area contributed by atoms with E-state index in [1.54, 1.807) is 6.92 Å². The fourth-order valence-electron chi connectivity index (χ4n) is 4.15. The summed E-state index contributed by atoms with van der Waals surface area (Å²) in [6, 6.07) is 26.0. The molecule has 166 valence electrons. The van der Waals surface area contributed by atoms with Crippen LogP contribution in [0, 0.1) is 6.92 Å². The van der Waals surface area contributed by atoms with Gasteiger partial charge in [0.15, 0.2) is 10.8 Å². The van der Waals surface area contributed by atoms with Gasteiger partial charge in [0, 0.05) is 18.4 Å². The van der Waals surface area contributed by atoms with E-state index in [9.17, 15) is 4.79 Å². The standard InChI is InChI=1S/C26H23ClN4OS/c1-18-7-6-10-23(17-18)31-26(33-25(29-31)19(2)32)16-15-24(20-11-13-21(27)14-12-20)28-30(26)22-8-4-3-5-9-22/h3-14,17H,15-16H2,1-2H3/t26-/m0/s1. The molecule has 0 N–H and O–H groups in total. The van der Waals surface area contributed by atoms with E-state index in [1.165, 1.54) is 11.8 Å². The minimum Gasteiger partial charge on any atom is -0.292 e. The molecule has 33 heavy (non-hydrogen) atoms. The van der Waals surface area contributed by atoms with Gasteiger partial charge in [0.25, 0.3) is 0 Å². The number of hydrogen-bond donors (Lipinski definition) is 0. The van der Waals surface area contributed by atoms with Gasteiger partial charge >= 0.3 is 0 Å². The highest BCUT2D eigenvalue weighted by molar-refractivity contribution is 8.17. The SMILES string of the molecule is CC(=O)C1=NN(c2cccc(C)c2)[C@@]2(CCC(c3ccc(Cl)cc3)=NN2c2ccccc2)S1. The summed E-state index contributed by atoms with van der Waals surface area (Å²) >= 11 is 7.59. The summed E-state index contributed by atoms with van der Waals surface area (Å²) in [4.78, 5) is 11.7. The molecule has 0 aromatic heterocycles. The summed E-state index contributed by atoms with van der Waals surface area (Å²) in [5, 5.41) is 15.1. The highest BCUT2D eigenvalue weighted by Crippen LogP contribution is 2.50. The first-order chi connectivity index (χ1) is 16.0. The summed E-state index contributed by atoms with van der Waals surface area (Å²) in [7, 11) is 0. The Hall–Kier alpha value is -3.09. The molecular formula is C26H23ClN4OS. The van der Waals surface area contributed by atoms with Gasteiger partial charge in [0.1, 0.15) is 0 Å². The Morgan fingerprint density at radius 1 is 0.939 bits per heavy atom. The maximum Gasteiger partial charge on any atom is 0.208 e. The molecule has 0 radical (unpaired) electrons. The van der Waals surface area contributed by atoms with Crippen LogP contribution in [0.15, 0.2) is 89.1 Å². The number of anilines is 2. The molecular weight excluding hydrogens is 452 g/mol. The van der Waals surface area contributed by atoms with E-state index in [-0.39, 0.29) is 5.78 Å². The predicted molar refractivity (Wildman–Crippen MR) is 138 cm³/mol. The molecule has 5 rings (SSSR count). The van der Waals surface area contributed by atoms with E-state index in [4.69, 9.17) is 21.8 Å². The number of hydrazone groups is 2. The molecule has 2 aliphatic rings. The zero-order chi connectivity index (χ0) is 23.0. The molecule has 2 heterocycles. The fraction of sp³-hybridized carbons (Fsp3) is 0.192. The molecule has 1 spiro atoms. The second-order valence-corrected chi connectivity index (χ2v) is 9.84. The van der Waals surface area contributed by atoms with Crippen molar-refractivity contribution in [2.75, 3.05) is 10.0 Å². The first-order valence-electron chi connectivity index (χ1n) is 10.8. The van der Waals surface area contributed by atoms with Gasteiger partial charge in [-0.25, -0.2) is 10.0 Å². The number of rotatable bonds is 4. The van der Waals surface area contributed by atoms with Crippen molar-refractivity contribution in [1.29, 1.82) is 0 Å². The van der Waals surface area contributed by atoms with Crippen LogP contribution in [0.5, 0.6) is 0 Å². The largest absolute Gasteiger partial charge is 0.292 e. The van der Waals surface area contributed by atoms with E-state index in [2.05, 4.69) is 19.1 Å². The molecule has 1 atom stereocenters. The Morgan fingerprint density at radius 2 is 1.64 bits per heavy atom. The third kappa shape index (κ3) is 4.05. The van der Waals surface area contributed by atoms with Gasteiger partial charge in [-0.3, -0.25) is 4.79 Å². The molecule has 3 aromatic rings. The monoisotopic (exact) mass is 474 g/mol. The first kappa shape index (κ1) is 21.7. The quantitative estimate of drug-likeness (QED) is 0.435. The van der Waals surface area contributed by atoms with Gasteiger partial charge in [-0.1, -0.05) is 54.1 Å². The van der Waals surface area contributed by atoms with Gasteiger partial charge < -0.3 is 0 Å². The number of thioether (sulfide) groups is 1. The first-order valence-corrected chi connectivity index (χ1v) is 12.0. The lowest BCUT2D eigenvalue weighted by atomic mass is 10.0. The highest BCUT2D eigenvalue weighted by Gasteiger charge is 2.52. The third-order valence-electron chi connectivity index (χ3n) is 5.75. The van der Waals surface area contributed by atoms with Gasteiger partial charge in [-0.2, -0.15) is 10.2 Å². The Kier molecular flexibility index (Phi) is 5.72. The van der Waals surface area contributed by atoms with Crippen LogP contribution in [0.4, 0.5) is 11.4 Å². The predicted octanol–water partition coefficient (Wildman–Crippen LogP) is 6.46. The molecule has 0 saturated heterocycles. The number of ketones is 1. The summed E-state index contributed by atoms with van der Waals surface area (Å²) in [6.45, 7) is 3.62. The van der Waals surface area contributed by atoms with Crippen molar-refractivity contribution in [2.24, 2.45) is 10.2 Å². The Bertz CT molecular complexity index is 1260. The highest BCUT2D eigenvalue weighted by atomic mass is 35.5. The summed E-state index contributed by atoms with van der Waals surface area (Å²) in [6.07, 6.45) is 1.46. The Labute approximate surface area is 202 Å². The van der Waals surface area contributed by atoms with Gasteiger partial charge in [0.05, 0.1) is 17.1 Å². The van der Waals surface area contributed by atoms with Gasteiger partial charge in [0.2, 0.25) is 4.99 Å². The van der Waals surface area contributed by atoms with Crippen LogP contribution in [0.1, 0.15) is 30.9 Å². The summed E-state index contributed by atoms with van der Waals surface area (Å²) < 4.78 is 0. The second kappa shape index (κ2) is 8.69. The molecule has 2 aliphatic heterocycles. The maximum absolute atomic E-state index is 12.4. The maximum atomic E-state index is 12.4. The topological polar surface area (TPSA) is 48.3 Å². The molecule has 0 amide bonds. The third-order valence-corrected chi connectivity index (χ3v) is 7.44. The number of carbonyl (C=O) groups excluding carboxylic acids is 1. The van der Waals surface area contributed by atoms with E-state index < -0.39 is 4.99 Å². The number of benzene rings is 3. The van der Waals surface area contributed by atoms with Crippen LogP contribution >= 0.6 is 23.4 Å². The number of para-hydroxylation sites is 1. The molecule has 0 saturated carbocycles. The Balaban J connectivity index is 1.67. The van der Waals surface area contributed by atoms with Crippen molar-refractivity contribution in [3.05, 3.63) is 95.0 Å². The number of hydrogen-bond acceptors (Lipinski definition) is 6. The van der Waals surface area contributed by atoms with E-state index in [0.29, 0.717) is 10.1 Å². The molecule has 3 aromatic carbocycles. The van der Waals surface area contributed by atoms with Crippen LogP contribution in [0.25, 0.3) is 0 Å². The van der Waals surface area contributed by atoms with Crippen LogP contribution in [0.2, 0.25) is 5.02 Å². The van der Waals surface area contributed by atoms with Crippen LogP contribution < -0.4 is 10.0 Å². The van der Waals surface area contributed by atoms with Crippen molar-refractivity contribution in [2.45, 2.75) is 31.7 Å². The smallest absolute Gasteiger partial charge is 0.208 e. The van der Waals surface area contributed by atoms with Crippen LogP contribution in [-0.2, 0) is 4.79 Å². The molecule has 5 nitrogen and oxygen atoms in total. The van der Waals surface area contributed by atoms with Gasteiger partial charge in [-0.05, 0) is 72.6 Å². The number of nitrogens with zero attached hydrogens (tertiary/aromatic N) is 4. The minimum absolute atomic E-state index is 0.0463. The zero-order valence-corrected chi connectivity index (χ0v) is 20.0. The van der Waals surface area contributed by atoms with Crippen molar-refractivity contribution < 1.29 is 4.79 Å². The van der Waals surface area contributed by atoms with E-state index >= 15 is 0 Å².